The number of carbonyl (C=O) groups is 3. The Kier molecular flexibility index (Phi) is 5.40. The molecule has 39 heavy (non-hydrogen) atoms. The van der Waals surface area contributed by atoms with Crippen molar-refractivity contribution in [3.63, 3.8) is 0 Å². The average Bonchev–Trinajstić information content (AvgIpc) is 3.48. The van der Waals surface area contributed by atoms with Gasteiger partial charge in [-0.05, 0) is 51.8 Å². The quantitative estimate of drug-likeness (QED) is 0.390. The van der Waals surface area contributed by atoms with Gasteiger partial charge in [0.15, 0.2) is 0 Å². The van der Waals surface area contributed by atoms with E-state index in [-0.39, 0.29) is 12.8 Å². The van der Waals surface area contributed by atoms with Crippen LogP contribution in [0.25, 0.3) is 10.8 Å². The summed E-state index contributed by atoms with van der Waals surface area (Å²) in [4.78, 5) is 41.4. The van der Waals surface area contributed by atoms with Crippen molar-refractivity contribution >= 4 is 34.2 Å². The summed E-state index contributed by atoms with van der Waals surface area (Å²) in [5.74, 6) is -1.76. The minimum atomic E-state index is -2.11. The summed E-state index contributed by atoms with van der Waals surface area (Å²) >= 11 is 0. The van der Waals surface area contributed by atoms with Gasteiger partial charge in [0.2, 0.25) is 11.6 Å². The fourth-order valence-electron chi connectivity index (χ4n) is 6.22. The maximum absolute atomic E-state index is 13.4. The minimum Gasteiger partial charge on any atom is -0.363 e. The highest BCUT2D eigenvalue weighted by molar-refractivity contribution is 6.28. The highest BCUT2D eigenvalue weighted by atomic mass is 16.3. The summed E-state index contributed by atoms with van der Waals surface area (Å²) in [5.41, 5.74) is 5.13. The molecule has 3 aliphatic heterocycles. The molecule has 3 heterocycles. The number of hydrogen-bond donors (Lipinski definition) is 2. The Bertz CT molecular complexity index is 1650. The summed E-state index contributed by atoms with van der Waals surface area (Å²) in [6.07, 6.45) is 0.504. The number of imide groups is 1. The first-order valence-electron chi connectivity index (χ1n) is 13.2. The van der Waals surface area contributed by atoms with Gasteiger partial charge in [-0.2, -0.15) is 0 Å². The van der Waals surface area contributed by atoms with Crippen LogP contribution >= 0.6 is 0 Å². The van der Waals surface area contributed by atoms with Crippen molar-refractivity contribution < 1.29 is 19.5 Å². The molecule has 4 aromatic carbocycles. The van der Waals surface area contributed by atoms with E-state index in [1.54, 1.807) is 12.1 Å². The molecule has 1 unspecified atom stereocenters. The summed E-state index contributed by atoms with van der Waals surface area (Å²) in [5, 5.41) is 15.1. The molecular weight excluding hydrogens is 490 g/mol. The molecule has 1 atom stereocenters. The molecule has 0 bridgehead atoms. The largest absolute Gasteiger partial charge is 0.363 e. The van der Waals surface area contributed by atoms with Gasteiger partial charge in [-0.15, -0.1) is 0 Å². The van der Waals surface area contributed by atoms with E-state index in [4.69, 9.17) is 0 Å². The minimum absolute atomic E-state index is 0.0374. The van der Waals surface area contributed by atoms with Crippen molar-refractivity contribution in [3.8, 4) is 0 Å². The van der Waals surface area contributed by atoms with Crippen LogP contribution in [0.4, 0.5) is 5.69 Å². The van der Waals surface area contributed by atoms with E-state index >= 15 is 0 Å². The van der Waals surface area contributed by atoms with Gasteiger partial charge in [-0.3, -0.25) is 29.5 Å². The van der Waals surface area contributed by atoms with Crippen LogP contribution in [0.2, 0.25) is 0 Å². The number of piperidine rings is 1. The summed E-state index contributed by atoms with van der Waals surface area (Å²) in [7, 11) is 0. The maximum Gasteiger partial charge on any atom is 0.280 e. The molecule has 0 saturated carbocycles. The number of nitrogens with one attached hydrogen (secondary N) is 1. The number of aliphatic hydroxyl groups is 1. The Morgan fingerprint density at radius 3 is 2.26 bits per heavy atom. The smallest absolute Gasteiger partial charge is 0.280 e. The lowest BCUT2D eigenvalue weighted by atomic mass is 9.95. The second kappa shape index (κ2) is 8.86. The molecule has 4 aromatic rings. The lowest BCUT2D eigenvalue weighted by Crippen LogP contribution is -2.64. The van der Waals surface area contributed by atoms with E-state index in [2.05, 4.69) is 58.7 Å². The van der Waals surface area contributed by atoms with Gasteiger partial charge in [0.1, 0.15) is 0 Å². The molecule has 0 radical (unpaired) electrons. The van der Waals surface area contributed by atoms with Gasteiger partial charge in [0.05, 0.1) is 5.69 Å². The molecule has 1 saturated heterocycles. The second-order valence-electron chi connectivity index (χ2n) is 10.7. The number of fused-ring (bicyclic) bond motifs is 1. The van der Waals surface area contributed by atoms with Crippen LogP contribution in [0, 0.1) is 0 Å². The zero-order valence-corrected chi connectivity index (χ0v) is 21.3. The molecule has 0 aliphatic carbocycles. The molecule has 7 heteroatoms. The topological polar surface area (TPSA) is 90.0 Å². The second-order valence-corrected chi connectivity index (χ2v) is 10.7. The Labute approximate surface area is 225 Å². The van der Waals surface area contributed by atoms with E-state index in [1.165, 1.54) is 16.7 Å². The number of benzene rings is 4. The van der Waals surface area contributed by atoms with E-state index in [0.717, 1.165) is 46.4 Å². The van der Waals surface area contributed by atoms with Crippen LogP contribution in [0.1, 0.15) is 51.0 Å². The van der Waals surface area contributed by atoms with E-state index in [0.29, 0.717) is 17.7 Å². The highest BCUT2D eigenvalue weighted by Crippen LogP contribution is 2.43. The van der Waals surface area contributed by atoms with Gasteiger partial charge >= 0.3 is 0 Å². The summed E-state index contributed by atoms with van der Waals surface area (Å²) < 4.78 is 0. The Morgan fingerprint density at radius 1 is 0.821 bits per heavy atom. The molecule has 1 fully saturated rings. The first kappa shape index (κ1) is 23.8. The molecule has 0 spiro atoms. The zero-order chi connectivity index (χ0) is 26.7. The third-order valence-corrected chi connectivity index (χ3v) is 8.20. The van der Waals surface area contributed by atoms with Crippen molar-refractivity contribution in [2.75, 3.05) is 4.90 Å². The van der Waals surface area contributed by atoms with Gasteiger partial charge < -0.3 is 5.11 Å². The van der Waals surface area contributed by atoms with E-state index in [9.17, 15) is 19.5 Å². The van der Waals surface area contributed by atoms with Gasteiger partial charge in [0.25, 0.3) is 11.8 Å². The van der Waals surface area contributed by atoms with Gasteiger partial charge in [-0.1, -0.05) is 66.7 Å². The van der Waals surface area contributed by atoms with Crippen molar-refractivity contribution in [1.29, 1.82) is 0 Å². The number of anilines is 1. The average molecular weight is 518 g/mol. The first-order chi connectivity index (χ1) is 18.9. The summed E-state index contributed by atoms with van der Waals surface area (Å²) in [6, 6.07) is 26.6. The Balaban J connectivity index is 1.14. The molecular formula is C32H27N3O4. The molecule has 3 aliphatic rings. The van der Waals surface area contributed by atoms with Crippen LogP contribution in [-0.2, 0) is 35.6 Å². The fourth-order valence-corrected chi connectivity index (χ4v) is 6.22. The predicted octanol–water partition coefficient (Wildman–Crippen LogP) is 4.03. The Morgan fingerprint density at radius 2 is 1.54 bits per heavy atom. The SMILES string of the molecule is O=C1CCC(O)(N2C(=O)c3cccc4c(Cc5ccc(CN6Cc7ccccc7C6)cc5)ccc2c34)C(=O)N1. The zero-order valence-electron chi connectivity index (χ0n) is 21.3. The van der Waals surface area contributed by atoms with Crippen LogP contribution in [-0.4, -0.2) is 33.5 Å². The summed E-state index contributed by atoms with van der Waals surface area (Å²) in [6.45, 7) is 2.85. The van der Waals surface area contributed by atoms with Crippen LogP contribution in [0.3, 0.4) is 0 Å². The fraction of sp³-hybridized carbons (Fsp3) is 0.219. The maximum atomic E-state index is 13.4. The Hall–Kier alpha value is -4.33. The standard InChI is InChI=1S/C32H27N3O4/c36-28-14-15-32(39,31(38)33-28)35-27-13-12-22(25-6-3-7-26(29(25)27)30(35)37)16-20-8-10-21(11-9-20)17-34-18-23-4-1-2-5-24(23)19-34/h1-13,39H,14-19H2,(H,33,36,38). The third-order valence-electron chi connectivity index (χ3n) is 8.20. The van der Waals surface area contributed by atoms with Crippen molar-refractivity contribution in [2.45, 2.75) is 44.6 Å². The van der Waals surface area contributed by atoms with Crippen molar-refractivity contribution in [3.05, 3.63) is 112 Å². The number of nitrogens with zero attached hydrogens (tertiary/aromatic N) is 2. The molecule has 2 N–H and O–H groups in total. The van der Waals surface area contributed by atoms with Crippen molar-refractivity contribution in [2.24, 2.45) is 0 Å². The van der Waals surface area contributed by atoms with Crippen LogP contribution in [0.5, 0.6) is 0 Å². The molecule has 194 valence electrons. The first-order valence-corrected chi connectivity index (χ1v) is 13.2. The predicted molar refractivity (Wildman–Crippen MR) is 147 cm³/mol. The normalized spacial score (nSPS) is 20.5. The highest BCUT2D eigenvalue weighted by Gasteiger charge is 2.52. The number of rotatable bonds is 5. The molecule has 7 rings (SSSR count). The van der Waals surface area contributed by atoms with Crippen LogP contribution in [0.15, 0.2) is 78.9 Å². The molecule has 0 aromatic heterocycles. The van der Waals surface area contributed by atoms with Gasteiger partial charge in [0, 0.05) is 43.4 Å². The number of amides is 3. The van der Waals surface area contributed by atoms with Crippen LogP contribution < -0.4 is 10.2 Å². The molecule has 7 nitrogen and oxygen atoms in total. The van der Waals surface area contributed by atoms with Gasteiger partial charge in [-0.25, -0.2) is 0 Å². The third kappa shape index (κ3) is 3.85. The number of carbonyl (C=O) groups excluding carboxylic acids is 3. The lowest BCUT2D eigenvalue weighted by molar-refractivity contribution is -0.149. The number of hydrogen-bond acceptors (Lipinski definition) is 5. The van der Waals surface area contributed by atoms with E-state index in [1.807, 2.05) is 18.2 Å². The van der Waals surface area contributed by atoms with E-state index < -0.39 is 23.4 Å². The lowest BCUT2D eigenvalue weighted by Gasteiger charge is -2.38. The van der Waals surface area contributed by atoms with Crippen molar-refractivity contribution in [1.82, 2.24) is 10.2 Å². The monoisotopic (exact) mass is 517 g/mol. The molecule has 3 amide bonds.